The van der Waals surface area contributed by atoms with E-state index in [0.29, 0.717) is 12.1 Å². The van der Waals surface area contributed by atoms with Gasteiger partial charge in [-0.2, -0.15) is 5.26 Å². The Morgan fingerprint density at radius 2 is 2.05 bits per heavy atom. The topological polar surface area (TPSA) is 65.9 Å². The van der Waals surface area contributed by atoms with Gasteiger partial charge in [0.2, 0.25) is 0 Å². The number of nitriles is 1. The molecule has 4 heteroatoms. The first-order valence-electron chi connectivity index (χ1n) is 6.99. The summed E-state index contributed by atoms with van der Waals surface area (Å²) in [5.74, 6) is 0.823. The van der Waals surface area contributed by atoms with Crippen LogP contribution in [0.5, 0.6) is 0 Å². The molecule has 0 radical (unpaired) electrons. The zero-order valence-electron chi connectivity index (χ0n) is 12.7. The molecule has 0 amide bonds. The summed E-state index contributed by atoms with van der Waals surface area (Å²) in [5, 5.41) is 9.12. The fourth-order valence-corrected chi connectivity index (χ4v) is 2.28. The highest BCUT2D eigenvalue weighted by molar-refractivity contribution is 5.49. The van der Waals surface area contributed by atoms with Crippen molar-refractivity contribution in [2.75, 3.05) is 10.6 Å². The molecule has 1 aromatic heterocycles. The van der Waals surface area contributed by atoms with Gasteiger partial charge in [0.1, 0.15) is 5.82 Å². The highest BCUT2D eigenvalue weighted by Crippen LogP contribution is 2.20. The van der Waals surface area contributed by atoms with Crippen LogP contribution in [0.3, 0.4) is 0 Å². The summed E-state index contributed by atoms with van der Waals surface area (Å²) < 4.78 is 0. The first-order valence-corrected chi connectivity index (χ1v) is 6.99. The van der Waals surface area contributed by atoms with Crippen LogP contribution in [0.1, 0.15) is 30.7 Å². The fourth-order valence-electron chi connectivity index (χ4n) is 2.28. The average molecular weight is 280 g/mol. The molecule has 0 aliphatic heterocycles. The number of aromatic nitrogens is 1. The standard InChI is InChI=1S/C17H20N4/c1-12(2)21(11-14-5-4-6-16(19)8-14)17-9-15(10-18)7-13(3)20-17/h4-9,12H,11,19H2,1-3H3. The first-order chi connectivity index (χ1) is 9.99. The number of pyridine rings is 1. The molecular weight excluding hydrogens is 260 g/mol. The van der Waals surface area contributed by atoms with Crippen LogP contribution in [0.2, 0.25) is 0 Å². The van der Waals surface area contributed by atoms with Crippen LogP contribution in [0, 0.1) is 18.3 Å². The van der Waals surface area contributed by atoms with E-state index in [1.807, 2.05) is 37.3 Å². The van der Waals surface area contributed by atoms with Crippen molar-refractivity contribution in [3.8, 4) is 6.07 Å². The minimum Gasteiger partial charge on any atom is -0.399 e. The van der Waals surface area contributed by atoms with E-state index < -0.39 is 0 Å². The quantitative estimate of drug-likeness (QED) is 0.873. The zero-order valence-corrected chi connectivity index (χ0v) is 12.7. The van der Waals surface area contributed by atoms with Gasteiger partial charge in [-0.15, -0.1) is 0 Å². The number of nitrogens with zero attached hydrogens (tertiary/aromatic N) is 3. The third-order valence-corrected chi connectivity index (χ3v) is 3.29. The minimum absolute atomic E-state index is 0.271. The van der Waals surface area contributed by atoms with E-state index in [4.69, 9.17) is 11.0 Å². The van der Waals surface area contributed by atoms with Gasteiger partial charge in [0.15, 0.2) is 0 Å². The number of nitrogens with two attached hydrogens (primary N) is 1. The summed E-state index contributed by atoms with van der Waals surface area (Å²) >= 11 is 0. The molecule has 0 atom stereocenters. The molecular formula is C17H20N4. The molecule has 2 aromatic rings. The van der Waals surface area contributed by atoms with Crippen molar-refractivity contribution < 1.29 is 0 Å². The second kappa shape index (κ2) is 6.27. The van der Waals surface area contributed by atoms with E-state index in [9.17, 15) is 0 Å². The smallest absolute Gasteiger partial charge is 0.130 e. The summed E-state index contributed by atoms with van der Waals surface area (Å²) in [6, 6.07) is 13.9. The SMILES string of the molecule is Cc1cc(C#N)cc(N(Cc2cccc(N)c2)C(C)C)n1. The molecule has 21 heavy (non-hydrogen) atoms. The number of hydrogen-bond donors (Lipinski definition) is 1. The van der Waals surface area contributed by atoms with Gasteiger partial charge in [0.05, 0.1) is 11.6 Å². The van der Waals surface area contributed by atoms with E-state index >= 15 is 0 Å². The number of aryl methyl sites for hydroxylation is 1. The molecule has 1 aromatic carbocycles. The lowest BCUT2D eigenvalue weighted by atomic mass is 10.1. The first kappa shape index (κ1) is 14.9. The highest BCUT2D eigenvalue weighted by atomic mass is 15.2. The molecule has 0 saturated carbocycles. The van der Waals surface area contributed by atoms with E-state index in [-0.39, 0.29) is 6.04 Å². The minimum atomic E-state index is 0.271. The lowest BCUT2D eigenvalue weighted by Crippen LogP contribution is -2.31. The number of hydrogen-bond acceptors (Lipinski definition) is 4. The summed E-state index contributed by atoms with van der Waals surface area (Å²) in [4.78, 5) is 6.73. The van der Waals surface area contributed by atoms with Crippen LogP contribution in [0.15, 0.2) is 36.4 Å². The van der Waals surface area contributed by atoms with Crippen molar-refractivity contribution in [3.05, 3.63) is 53.2 Å². The highest BCUT2D eigenvalue weighted by Gasteiger charge is 2.14. The van der Waals surface area contributed by atoms with Crippen LogP contribution >= 0.6 is 0 Å². The predicted molar refractivity (Wildman–Crippen MR) is 85.9 cm³/mol. The Labute approximate surface area is 125 Å². The van der Waals surface area contributed by atoms with Crippen molar-refractivity contribution in [3.63, 3.8) is 0 Å². The Bertz CT molecular complexity index is 671. The summed E-state index contributed by atoms with van der Waals surface area (Å²) in [6.07, 6.45) is 0. The van der Waals surface area contributed by atoms with Gasteiger partial charge in [-0.1, -0.05) is 12.1 Å². The third kappa shape index (κ3) is 3.73. The third-order valence-electron chi connectivity index (χ3n) is 3.29. The van der Waals surface area contributed by atoms with Crippen molar-refractivity contribution in [2.24, 2.45) is 0 Å². The molecule has 1 heterocycles. The summed E-state index contributed by atoms with van der Waals surface area (Å²) in [6.45, 7) is 6.85. The Kier molecular flexibility index (Phi) is 4.44. The molecule has 0 aliphatic carbocycles. The van der Waals surface area contributed by atoms with Gasteiger partial charge in [-0.3, -0.25) is 0 Å². The fraction of sp³-hybridized carbons (Fsp3) is 0.294. The maximum atomic E-state index is 9.12. The molecule has 0 bridgehead atoms. The van der Waals surface area contributed by atoms with Gasteiger partial charge < -0.3 is 10.6 Å². The number of rotatable bonds is 4. The molecule has 108 valence electrons. The molecule has 0 spiro atoms. The van der Waals surface area contributed by atoms with E-state index in [0.717, 1.165) is 22.8 Å². The Balaban J connectivity index is 2.36. The van der Waals surface area contributed by atoms with Crippen LogP contribution < -0.4 is 10.6 Å². The maximum Gasteiger partial charge on any atom is 0.130 e. The van der Waals surface area contributed by atoms with Crippen molar-refractivity contribution in [1.82, 2.24) is 4.98 Å². The Morgan fingerprint density at radius 3 is 2.67 bits per heavy atom. The van der Waals surface area contributed by atoms with Crippen molar-refractivity contribution in [2.45, 2.75) is 33.4 Å². The van der Waals surface area contributed by atoms with Gasteiger partial charge in [-0.25, -0.2) is 4.98 Å². The second-order valence-corrected chi connectivity index (χ2v) is 5.43. The lowest BCUT2D eigenvalue weighted by Gasteiger charge is -2.28. The Hall–Kier alpha value is -2.54. The zero-order chi connectivity index (χ0) is 15.4. The molecule has 4 nitrogen and oxygen atoms in total. The predicted octanol–water partition coefficient (Wildman–Crippen LogP) is 3.26. The summed E-state index contributed by atoms with van der Waals surface area (Å²) in [7, 11) is 0. The van der Waals surface area contributed by atoms with Gasteiger partial charge in [0.25, 0.3) is 0 Å². The monoisotopic (exact) mass is 280 g/mol. The van der Waals surface area contributed by atoms with Crippen molar-refractivity contribution in [1.29, 1.82) is 5.26 Å². The molecule has 2 N–H and O–H groups in total. The molecule has 0 aliphatic rings. The molecule has 0 unspecified atom stereocenters. The van der Waals surface area contributed by atoms with Crippen LogP contribution in [-0.4, -0.2) is 11.0 Å². The number of nitrogen functional groups attached to an aromatic ring is 1. The van der Waals surface area contributed by atoms with Crippen LogP contribution in [0.25, 0.3) is 0 Å². The van der Waals surface area contributed by atoms with Crippen LogP contribution in [0.4, 0.5) is 11.5 Å². The summed E-state index contributed by atoms with van der Waals surface area (Å²) in [5.41, 5.74) is 9.21. The maximum absolute atomic E-state index is 9.12. The van der Waals surface area contributed by atoms with Gasteiger partial charge in [-0.05, 0) is 50.6 Å². The number of benzene rings is 1. The van der Waals surface area contributed by atoms with Gasteiger partial charge in [0, 0.05) is 24.0 Å². The number of anilines is 2. The average Bonchev–Trinajstić information content (AvgIpc) is 2.43. The molecule has 2 rings (SSSR count). The normalized spacial score (nSPS) is 10.4. The lowest BCUT2D eigenvalue weighted by molar-refractivity contribution is 0.671. The van der Waals surface area contributed by atoms with E-state index in [1.165, 1.54) is 0 Å². The van der Waals surface area contributed by atoms with Crippen LogP contribution in [-0.2, 0) is 6.54 Å². The second-order valence-electron chi connectivity index (χ2n) is 5.43. The van der Waals surface area contributed by atoms with E-state index in [2.05, 4.69) is 29.8 Å². The molecule has 0 fully saturated rings. The van der Waals surface area contributed by atoms with Crippen molar-refractivity contribution >= 4 is 11.5 Å². The van der Waals surface area contributed by atoms with Gasteiger partial charge >= 0.3 is 0 Å². The largest absolute Gasteiger partial charge is 0.399 e. The van der Waals surface area contributed by atoms with E-state index in [1.54, 1.807) is 6.07 Å². The Morgan fingerprint density at radius 1 is 1.29 bits per heavy atom. The molecule has 0 saturated heterocycles.